The second kappa shape index (κ2) is 26.2. The van der Waals surface area contributed by atoms with Gasteiger partial charge in [-0.2, -0.15) is 0 Å². The second-order valence-electron chi connectivity index (χ2n) is 18.4. The van der Waals surface area contributed by atoms with E-state index in [-0.39, 0.29) is 102 Å². The molecule has 3 aromatic heterocycles. The minimum atomic E-state index is -0.830. The predicted molar refractivity (Wildman–Crippen MR) is 309 cm³/mol. The molecule has 2 aliphatic heterocycles. The van der Waals surface area contributed by atoms with Gasteiger partial charge in [0.1, 0.15) is 17.2 Å². The van der Waals surface area contributed by atoms with Crippen molar-refractivity contribution >= 4 is 93.3 Å². The zero-order valence-electron chi connectivity index (χ0n) is 43.7. The summed E-state index contributed by atoms with van der Waals surface area (Å²) in [5.74, 6) is -5.75. The molecule has 0 spiro atoms. The fraction of sp³-hybridized carbons (Fsp3) is 0.125. The number of rotatable bonds is 16. The van der Waals surface area contributed by atoms with Crippen molar-refractivity contribution in [3.8, 4) is 62.1 Å². The molecule has 0 saturated heterocycles. The van der Waals surface area contributed by atoms with Gasteiger partial charge in [0.05, 0.1) is 88.5 Å². The van der Waals surface area contributed by atoms with E-state index in [9.17, 15) is 36.7 Å². The number of esters is 4. The molecule has 5 heterocycles. The van der Waals surface area contributed by atoms with Crippen molar-refractivity contribution in [3.05, 3.63) is 198 Å². The van der Waals surface area contributed by atoms with Gasteiger partial charge < -0.3 is 28.5 Å². The summed E-state index contributed by atoms with van der Waals surface area (Å²) in [6.45, 7) is 4.80. The monoisotopic (exact) mass is 1100 g/mol. The molecule has 0 fully saturated rings. The number of para-hydroxylation sites is 5. The van der Waals surface area contributed by atoms with Gasteiger partial charge in [-0.1, -0.05) is 66.7 Å². The summed E-state index contributed by atoms with van der Waals surface area (Å²) in [7, 11) is 0. The maximum absolute atomic E-state index is 14.2. The molecule has 17 heteroatoms. The molecule has 2 aliphatic rings. The highest BCUT2D eigenvalue weighted by atomic mass is 24.3. The Labute approximate surface area is 479 Å². The summed E-state index contributed by atoms with van der Waals surface area (Å²) in [4.78, 5) is 68.9. The van der Waals surface area contributed by atoms with Gasteiger partial charge in [-0.15, -0.1) is 0 Å². The third-order valence-electron chi connectivity index (χ3n) is 12.3. The van der Waals surface area contributed by atoms with Gasteiger partial charge in [0.2, 0.25) is 0 Å². The van der Waals surface area contributed by atoms with Gasteiger partial charge in [0, 0.05) is 44.4 Å². The van der Waals surface area contributed by atoms with Crippen LogP contribution in [0.3, 0.4) is 0 Å². The quantitative estimate of drug-likeness (QED) is 0.0428. The number of carbonyl (C=O) groups is 4. The normalized spacial score (nSPS) is 12.4. The van der Waals surface area contributed by atoms with Crippen LogP contribution in [0.15, 0.2) is 175 Å². The van der Waals surface area contributed by atoms with Crippen molar-refractivity contribution in [3.63, 3.8) is 0 Å². The number of ether oxygens (including phenoxy) is 4. The molecule has 12 nitrogen and oxygen atoms in total. The highest BCUT2D eigenvalue weighted by Crippen LogP contribution is 2.53. The number of halogens is 4. The molecule has 0 radical (unpaired) electrons. The lowest BCUT2D eigenvalue weighted by atomic mass is 9.92. The Morgan fingerprint density at radius 2 is 0.827 bits per heavy atom. The fourth-order valence-corrected chi connectivity index (χ4v) is 8.91. The van der Waals surface area contributed by atoms with Crippen LogP contribution in [0.2, 0.25) is 0 Å². The first-order valence-corrected chi connectivity index (χ1v) is 25.2. The topological polar surface area (TPSA) is 152 Å². The van der Waals surface area contributed by atoms with Crippen LogP contribution in [0, 0.1) is 0 Å². The maximum atomic E-state index is 14.2. The molecule has 406 valence electrons. The number of benzene rings is 4. The minimum absolute atomic E-state index is 0. The van der Waals surface area contributed by atoms with Crippen LogP contribution in [-0.2, 0) is 19.2 Å². The molecule has 81 heavy (non-hydrogen) atoms. The van der Waals surface area contributed by atoms with Crippen LogP contribution in [0.1, 0.15) is 76.2 Å². The molecule has 0 saturated carbocycles. The smallest absolute Gasteiger partial charge is 0.316 e. The summed E-state index contributed by atoms with van der Waals surface area (Å²) in [5, 5.41) is 0. The Bertz CT molecular complexity index is 3990. The zero-order chi connectivity index (χ0) is 56.5. The summed E-state index contributed by atoms with van der Waals surface area (Å²) in [6.07, 6.45) is 9.67. The molecule has 0 unspecified atom stereocenters. The van der Waals surface area contributed by atoms with E-state index in [2.05, 4.69) is 4.98 Å². The van der Waals surface area contributed by atoms with Gasteiger partial charge in [0.25, 0.3) is 0 Å². The van der Waals surface area contributed by atoms with Crippen LogP contribution in [0.4, 0.5) is 17.6 Å². The minimum Gasteiger partial charge on any atom is -0.426 e. The number of nitrogens with one attached hydrogen (secondary N) is 1. The van der Waals surface area contributed by atoms with Gasteiger partial charge in [-0.3, -0.25) is 19.2 Å². The molecule has 0 atom stereocenters. The Hall–Kier alpha value is -9.19. The third kappa shape index (κ3) is 14.2. The first-order chi connectivity index (χ1) is 38.6. The lowest BCUT2D eigenvalue weighted by Gasteiger charge is -2.18. The van der Waals surface area contributed by atoms with E-state index >= 15 is 0 Å². The lowest BCUT2D eigenvalue weighted by Crippen LogP contribution is -2.10. The van der Waals surface area contributed by atoms with Crippen molar-refractivity contribution in [1.29, 1.82) is 0 Å². The van der Waals surface area contributed by atoms with Crippen LogP contribution in [0.25, 0.3) is 85.4 Å². The highest BCUT2D eigenvalue weighted by Gasteiger charge is 2.31. The fourth-order valence-electron chi connectivity index (χ4n) is 8.91. The number of hydrogen-bond donors (Lipinski definition) is 1. The van der Waals surface area contributed by atoms with Crippen LogP contribution >= 0.6 is 0 Å². The Kier molecular flexibility index (Phi) is 18.7. The summed E-state index contributed by atoms with van der Waals surface area (Å²) >= 11 is 0. The zero-order valence-corrected chi connectivity index (χ0v) is 43.7. The average Bonchev–Trinajstić information content (AvgIpc) is 4.46. The van der Waals surface area contributed by atoms with Crippen molar-refractivity contribution in [2.24, 2.45) is 0 Å². The van der Waals surface area contributed by atoms with Crippen LogP contribution in [-0.4, -0.2) is 66.4 Å². The van der Waals surface area contributed by atoms with E-state index in [1.807, 2.05) is 30.3 Å². The molecule has 4 aromatic carbocycles. The van der Waals surface area contributed by atoms with Gasteiger partial charge in [-0.25, -0.2) is 27.5 Å². The number of aromatic nitrogens is 4. The molecule has 0 aliphatic carbocycles. The standard InChI is InChI=1S/C64H50F4N4O8.Mg.2H/c1-38(65)21-31-57(73)77-53-17-9-5-13-47(53)61-50-30-29-45(71-50)36-44-26-25-42(69-44)35-43-27-28-46(70-43)37-52-62(48-14-6-10-18-54(48)78-58(74)32-22-39(2)66)63(49-15-7-11-19-55(49)79-59(75)33-23-40(3)67)64(61)72(52)51-16-8-12-20-56(51)80-60(76)34-24-41(4)68;;;/h5-30,35-37,69H,31-34H2,1-4H3;;;. The number of aromatic amines is 1. The molecule has 9 rings (SSSR count). The number of allylic oxidation sites excluding steroid dienone is 4. The Morgan fingerprint density at radius 1 is 0.457 bits per heavy atom. The molecular weight excluding hydrogens is 1050 g/mol. The van der Waals surface area contributed by atoms with E-state index in [1.54, 1.807) is 126 Å². The maximum Gasteiger partial charge on any atom is 0.316 e. The van der Waals surface area contributed by atoms with E-state index in [1.165, 1.54) is 27.7 Å². The molecular formula is C64H52F4MgN4O8. The van der Waals surface area contributed by atoms with Gasteiger partial charge in [-0.05, 0) is 137 Å². The third-order valence-corrected chi connectivity index (χ3v) is 12.3. The van der Waals surface area contributed by atoms with Crippen molar-refractivity contribution in [2.45, 2.75) is 53.4 Å². The van der Waals surface area contributed by atoms with E-state index in [0.29, 0.717) is 22.6 Å². The van der Waals surface area contributed by atoms with Crippen molar-refractivity contribution in [1.82, 2.24) is 19.5 Å². The average molecular weight is 1110 g/mol. The number of H-pyrrole nitrogens is 1. The predicted octanol–water partition coefficient (Wildman–Crippen LogP) is 14.9. The van der Waals surface area contributed by atoms with E-state index in [4.69, 9.17) is 28.9 Å². The van der Waals surface area contributed by atoms with Gasteiger partial charge >= 0.3 is 46.9 Å². The second-order valence-corrected chi connectivity index (χ2v) is 18.4. The highest BCUT2D eigenvalue weighted by molar-refractivity contribution is 6.13. The van der Waals surface area contributed by atoms with Crippen LogP contribution in [0.5, 0.6) is 23.0 Å². The molecule has 1 N–H and O–H groups in total. The number of hydrogen-bond acceptors (Lipinski definition) is 10. The van der Waals surface area contributed by atoms with Crippen LogP contribution < -0.4 is 18.9 Å². The molecule has 7 aromatic rings. The summed E-state index contributed by atoms with van der Waals surface area (Å²) in [6, 6.07) is 35.5. The SMILES string of the molecule is CC(F)=CCC(=O)Oc1ccccc1-c1c(-c2ccccc2OC(=O)CC=C(C)F)c2c(-c3ccccc3OC(=O)CC=C(C)F)c3nc(cc4ccc(cc5nc(cc1n2-c1ccccc1OC(=O)CC=C(C)F)C=C5)[nH]4)C=C3.[MgH2]. The van der Waals surface area contributed by atoms with Gasteiger partial charge in [0.15, 0.2) is 5.75 Å². The number of fused-ring (bicyclic) bond motifs is 8. The van der Waals surface area contributed by atoms with E-state index in [0.717, 1.165) is 29.8 Å². The lowest BCUT2D eigenvalue weighted by molar-refractivity contribution is -0.134. The first kappa shape index (κ1) is 58.0. The molecule has 0 amide bonds. The molecule has 8 bridgehead atoms. The van der Waals surface area contributed by atoms with Crippen molar-refractivity contribution in [2.75, 3.05) is 0 Å². The number of nitrogens with zero attached hydrogens (tertiary/aromatic N) is 3. The Morgan fingerprint density at radius 3 is 1.30 bits per heavy atom. The largest absolute Gasteiger partial charge is 0.426 e. The Balaban J connectivity index is 0.00000860. The summed E-state index contributed by atoms with van der Waals surface area (Å²) in [5.41, 5.74) is 5.28. The first-order valence-electron chi connectivity index (χ1n) is 25.2. The summed E-state index contributed by atoms with van der Waals surface area (Å²) < 4.78 is 83.1. The van der Waals surface area contributed by atoms with E-state index < -0.39 is 72.9 Å². The van der Waals surface area contributed by atoms with Crippen molar-refractivity contribution < 1.29 is 55.7 Å². The number of carbonyl (C=O) groups excluding carboxylic acids is 4.